The smallest absolute Gasteiger partial charge is 0.271 e. The van der Waals surface area contributed by atoms with Gasteiger partial charge in [-0.05, 0) is 31.9 Å². The third-order valence-corrected chi connectivity index (χ3v) is 3.32. The van der Waals surface area contributed by atoms with E-state index < -0.39 is 0 Å². The fourth-order valence-corrected chi connectivity index (χ4v) is 2.21. The normalized spacial score (nSPS) is 20.1. The van der Waals surface area contributed by atoms with Gasteiger partial charge in [0.25, 0.3) is 5.91 Å². The number of carbonyl (C=O) groups is 1. The van der Waals surface area contributed by atoms with Crippen LogP contribution in [-0.4, -0.2) is 41.4 Å². The quantitative estimate of drug-likeness (QED) is 0.796. The molecule has 0 unspecified atom stereocenters. The highest BCUT2D eigenvalue weighted by Crippen LogP contribution is 2.23. The molecule has 1 saturated carbocycles. The molecule has 0 atom stereocenters. The fourth-order valence-electron chi connectivity index (χ4n) is 2.21. The maximum absolute atomic E-state index is 12.2. The van der Waals surface area contributed by atoms with E-state index in [4.69, 9.17) is 9.84 Å². The van der Waals surface area contributed by atoms with Crippen LogP contribution < -0.4 is 5.32 Å². The molecule has 2 rings (SSSR count). The number of ether oxygens (including phenoxy) is 1. The monoisotopic (exact) mass is 288 g/mol. The molecule has 1 aliphatic carbocycles. The summed E-state index contributed by atoms with van der Waals surface area (Å²) in [7, 11) is 0. The Bertz CT molecular complexity index is 542. The highest BCUT2D eigenvalue weighted by atomic mass is 16.5. The van der Waals surface area contributed by atoms with E-state index in [0.717, 1.165) is 12.8 Å². The number of pyridine rings is 1. The summed E-state index contributed by atoms with van der Waals surface area (Å²) in [4.78, 5) is 16.4. The zero-order valence-electron chi connectivity index (χ0n) is 12.1. The van der Waals surface area contributed by atoms with Crippen LogP contribution in [0.4, 0.5) is 0 Å². The number of hydrogen-bond donors (Lipinski definition) is 2. The molecular formula is C16H20N2O3. The van der Waals surface area contributed by atoms with E-state index in [0.29, 0.717) is 24.3 Å². The van der Waals surface area contributed by atoms with Gasteiger partial charge in [-0.3, -0.25) is 4.79 Å². The molecule has 2 N–H and O–H groups in total. The van der Waals surface area contributed by atoms with Crippen molar-refractivity contribution in [1.29, 1.82) is 0 Å². The highest BCUT2D eigenvalue weighted by molar-refractivity contribution is 5.95. The predicted molar refractivity (Wildman–Crippen MR) is 78.7 cm³/mol. The van der Waals surface area contributed by atoms with Gasteiger partial charge in [0, 0.05) is 25.3 Å². The minimum atomic E-state index is -0.205. The Balaban J connectivity index is 1.95. The Morgan fingerprint density at radius 3 is 3.10 bits per heavy atom. The van der Waals surface area contributed by atoms with Gasteiger partial charge in [0.05, 0.1) is 18.3 Å². The van der Waals surface area contributed by atoms with Crippen molar-refractivity contribution in [3.05, 3.63) is 29.6 Å². The number of amides is 1. The molecule has 0 spiro atoms. The van der Waals surface area contributed by atoms with Gasteiger partial charge in [0.1, 0.15) is 5.69 Å². The average Bonchev–Trinajstić information content (AvgIpc) is 2.46. The van der Waals surface area contributed by atoms with Crippen LogP contribution in [0.5, 0.6) is 0 Å². The lowest BCUT2D eigenvalue weighted by Crippen LogP contribution is -2.48. The molecule has 0 aromatic carbocycles. The first-order valence-electron chi connectivity index (χ1n) is 7.21. The Kier molecular flexibility index (Phi) is 5.73. The van der Waals surface area contributed by atoms with Crippen molar-refractivity contribution in [1.82, 2.24) is 10.3 Å². The van der Waals surface area contributed by atoms with Crippen LogP contribution in [0, 0.1) is 11.8 Å². The van der Waals surface area contributed by atoms with Gasteiger partial charge >= 0.3 is 0 Å². The maximum atomic E-state index is 12.2. The molecule has 1 fully saturated rings. The van der Waals surface area contributed by atoms with Crippen LogP contribution in [0.25, 0.3) is 0 Å². The van der Waals surface area contributed by atoms with Gasteiger partial charge in [-0.2, -0.15) is 0 Å². The van der Waals surface area contributed by atoms with Gasteiger partial charge in [-0.15, -0.1) is 0 Å². The number of aliphatic hydroxyl groups excluding tert-OH is 1. The first kappa shape index (κ1) is 15.5. The summed E-state index contributed by atoms with van der Waals surface area (Å²) in [5.74, 6) is 5.48. The number of aliphatic hydroxyl groups is 1. The lowest BCUT2D eigenvalue weighted by atomic mass is 9.89. The third kappa shape index (κ3) is 4.28. The van der Waals surface area contributed by atoms with Crippen molar-refractivity contribution in [2.45, 2.75) is 38.3 Å². The second-order valence-corrected chi connectivity index (χ2v) is 4.89. The molecule has 0 saturated heterocycles. The standard InChI is InChI=1S/C16H20N2O3/c1-2-21-14-10-13(11-14)18-16(20)15-12(6-3-4-9-19)7-5-8-17-15/h5,7-8,13-14,19H,2,4,9-11H2,1H3,(H,18,20). The van der Waals surface area contributed by atoms with Crippen molar-refractivity contribution < 1.29 is 14.6 Å². The van der Waals surface area contributed by atoms with Gasteiger partial charge < -0.3 is 15.2 Å². The second kappa shape index (κ2) is 7.77. The molecule has 0 aliphatic heterocycles. The number of hydrogen-bond acceptors (Lipinski definition) is 4. The Morgan fingerprint density at radius 2 is 2.38 bits per heavy atom. The molecule has 0 bridgehead atoms. The van der Waals surface area contributed by atoms with Crippen LogP contribution in [0.1, 0.15) is 42.2 Å². The average molecular weight is 288 g/mol. The molecular weight excluding hydrogens is 268 g/mol. The van der Waals surface area contributed by atoms with Crippen molar-refractivity contribution >= 4 is 5.91 Å². The first-order valence-corrected chi connectivity index (χ1v) is 7.21. The third-order valence-electron chi connectivity index (χ3n) is 3.32. The zero-order valence-corrected chi connectivity index (χ0v) is 12.1. The Hall–Kier alpha value is -1.90. The molecule has 5 nitrogen and oxygen atoms in total. The number of rotatable bonds is 5. The summed E-state index contributed by atoms with van der Waals surface area (Å²) in [5.41, 5.74) is 0.923. The zero-order chi connectivity index (χ0) is 15.1. The molecule has 1 amide bonds. The molecule has 112 valence electrons. The van der Waals surface area contributed by atoms with Crippen molar-refractivity contribution in [3.8, 4) is 11.8 Å². The summed E-state index contributed by atoms with van der Waals surface area (Å²) in [6, 6.07) is 3.65. The topological polar surface area (TPSA) is 71.5 Å². The molecule has 0 radical (unpaired) electrons. The SMILES string of the molecule is CCOC1CC(NC(=O)c2ncccc2C#CCCO)C1. The lowest BCUT2D eigenvalue weighted by Gasteiger charge is -2.35. The predicted octanol–water partition coefficient (Wildman–Crippen LogP) is 1.11. The van der Waals surface area contributed by atoms with E-state index in [1.807, 2.05) is 6.92 Å². The summed E-state index contributed by atoms with van der Waals surface area (Å²) in [6.45, 7) is 2.68. The summed E-state index contributed by atoms with van der Waals surface area (Å²) in [5, 5.41) is 11.7. The molecule has 1 aliphatic rings. The highest BCUT2D eigenvalue weighted by Gasteiger charge is 2.31. The fraction of sp³-hybridized carbons (Fsp3) is 0.500. The van der Waals surface area contributed by atoms with Crippen LogP contribution in [0.3, 0.4) is 0 Å². The van der Waals surface area contributed by atoms with Gasteiger partial charge in [-0.25, -0.2) is 4.98 Å². The van der Waals surface area contributed by atoms with Gasteiger partial charge in [0.2, 0.25) is 0 Å². The Labute approximate surface area is 124 Å². The summed E-state index contributed by atoms with van der Waals surface area (Å²) < 4.78 is 5.47. The first-order chi connectivity index (χ1) is 10.2. The number of aromatic nitrogens is 1. The number of nitrogens with one attached hydrogen (secondary N) is 1. The van der Waals surface area contributed by atoms with Gasteiger partial charge in [-0.1, -0.05) is 11.8 Å². The molecule has 1 aromatic rings. The van der Waals surface area contributed by atoms with E-state index >= 15 is 0 Å². The van der Waals surface area contributed by atoms with Crippen LogP contribution in [0.2, 0.25) is 0 Å². The molecule has 5 heteroatoms. The van der Waals surface area contributed by atoms with E-state index in [1.165, 1.54) is 0 Å². The maximum Gasteiger partial charge on any atom is 0.271 e. The van der Waals surface area contributed by atoms with E-state index in [1.54, 1.807) is 18.3 Å². The molecule has 1 aromatic heterocycles. The van der Waals surface area contributed by atoms with Crippen molar-refractivity contribution in [3.63, 3.8) is 0 Å². The van der Waals surface area contributed by atoms with Crippen LogP contribution in [-0.2, 0) is 4.74 Å². The van der Waals surface area contributed by atoms with Crippen molar-refractivity contribution in [2.24, 2.45) is 0 Å². The van der Waals surface area contributed by atoms with Crippen molar-refractivity contribution in [2.75, 3.05) is 13.2 Å². The second-order valence-electron chi connectivity index (χ2n) is 4.89. The summed E-state index contributed by atoms with van der Waals surface area (Å²) >= 11 is 0. The Morgan fingerprint density at radius 1 is 1.57 bits per heavy atom. The largest absolute Gasteiger partial charge is 0.395 e. The summed E-state index contributed by atoms with van der Waals surface area (Å²) in [6.07, 6.45) is 3.91. The van der Waals surface area contributed by atoms with Crippen LogP contribution >= 0.6 is 0 Å². The minimum Gasteiger partial charge on any atom is -0.395 e. The van der Waals surface area contributed by atoms with Crippen LogP contribution in [0.15, 0.2) is 18.3 Å². The number of carbonyl (C=O) groups excluding carboxylic acids is 1. The lowest BCUT2D eigenvalue weighted by molar-refractivity contribution is -0.00867. The van der Waals surface area contributed by atoms with E-state index in [9.17, 15) is 4.79 Å². The number of nitrogens with zero attached hydrogens (tertiary/aromatic N) is 1. The van der Waals surface area contributed by atoms with E-state index in [-0.39, 0.29) is 24.7 Å². The van der Waals surface area contributed by atoms with Gasteiger partial charge in [0.15, 0.2) is 0 Å². The molecule has 1 heterocycles. The minimum absolute atomic E-state index is 0.00961. The van der Waals surface area contributed by atoms with E-state index in [2.05, 4.69) is 22.1 Å². The molecule has 21 heavy (non-hydrogen) atoms.